The molecule has 2 unspecified atom stereocenters. The van der Waals surface area contributed by atoms with E-state index in [1.807, 2.05) is 0 Å². The van der Waals surface area contributed by atoms with E-state index in [9.17, 15) is 0 Å². The molecular weight excluding hydrogens is 374 g/mol. The van der Waals surface area contributed by atoms with Crippen molar-refractivity contribution in [1.82, 2.24) is 4.90 Å². The molecule has 2 atom stereocenters. The van der Waals surface area contributed by atoms with Crippen LogP contribution in [0.1, 0.15) is 163 Å². The summed E-state index contributed by atoms with van der Waals surface area (Å²) in [6, 6.07) is 0. The first-order valence-electron chi connectivity index (χ1n) is 14.9. The average molecular weight is 438 g/mol. The number of unbranched alkanes of at least 4 members (excludes halogenated alkanes) is 11. The molecule has 0 amide bonds. The lowest BCUT2D eigenvalue weighted by atomic mass is 9.92. The van der Waals surface area contributed by atoms with Crippen molar-refractivity contribution in [3.8, 4) is 0 Å². The monoisotopic (exact) mass is 437 g/mol. The fourth-order valence-corrected chi connectivity index (χ4v) is 5.11. The number of rotatable bonds is 25. The molecule has 0 aromatic rings. The van der Waals surface area contributed by atoms with Crippen LogP contribution in [0.2, 0.25) is 0 Å². The van der Waals surface area contributed by atoms with Crippen LogP contribution < -0.4 is 0 Å². The summed E-state index contributed by atoms with van der Waals surface area (Å²) in [5, 5.41) is 0. The molecule has 0 radical (unpaired) electrons. The molecule has 0 spiro atoms. The van der Waals surface area contributed by atoms with Crippen molar-refractivity contribution in [3.63, 3.8) is 0 Å². The highest BCUT2D eigenvalue weighted by atomic mass is 15.1. The van der Waals surface area contributed by atoms with Crippen LogP contribution in [0.4, 0.5) is 0 Å². The van der Waals surface area contributed by atoms with Gasteiger partial charge in [0.05, 0.1) is 0 Å². The average Bonchev–Trinajstić information content (AvgIpc) is 2.78. The van der Waals surface area contributed by atoms with Gasteiger partial charge in [0.25, 0.3) is 0 Å². The molecule has 0 N–H and O–H groups in total. The van der Waals surface area contributed by atoms with Gasteiger partial charge in [-0.05, 0) is 44.2 Å². The van der Waals surface area contributed by atoms with Crippen LogP contribution in [0.5, 0.6) is 0 Å². The van der Waals surface area contributed by atoms with E-state index in [1.165, 1.54) is 148 Å². The molecule has 0 aliphatic rings. The van der Waals surface area contributed by atoms with Crippen LogP contribution in [0.25, 0.3) is 0 Å². The molecule has 0 aliphatic carbocycles. The van der Waals surface area contributed by atoms with Crippen LogP contribution in [-0.4, -0.2) is 24.5 Å². The zero-order chi connectivity index (χ0) is 23.0. The molecule has 0 bridgehead atoms. The Labute approximate surface area is 199 Å². The second-order valence-corrected chi connectivity index (χ2v) is 10.5. The lowest BCUT2D eigenvalue weighted by Crippen LogP contribution is -2.32. The second kappa shape index (κ2) is 24.6. The minimum Gasteiger partial charge on any atom is -0.303 e. The van der Waals surface area contributed by atoms with E-state index in [0.717, 1.165) is 11.8 Å². The topological polar surface area (TPSA) is 3.24 Å². The van der Waals surface area contributed by atoms with Crippen LogP contribution >= 0.6 is 0 Å². The molecule has 0 aromatic heterocycles. The zero-order valence-electron chi connectivity index (χ0n) is 22.9. The normalized spacial score (nSPS) is 13.7. The van der Waals surface area contributed by atoms with E-state index in [2.05, 4.69) is 39.5 Å². The summed E-state index contributed by atoms with van der Waals surface area (Å²) in [6.45, 7) is 15.9. The highest BCUT2D eigenvalue weighted by Gasteiger charge is 2.15. The number of hydrogen-bond acceptors (Lipinski definition) is 1. The predicted molar refractivity (Wildman–Crippen MR) is 144 cm³/mol. The molecule has 0 fully saturated rings. The third-order valence-corrected chi connectivity index (χ3v) is 7.40. The molecule has 31 heavy (non-hydrogen) atoms. The molecule has 0 rings (SSSR count). The highest BCUT2D eigenvalue weighted by molar-refractivity contribution is 4.69. The van der Waals surface area contributed by atoms with Crippen molar-refractivity contribution in [1.29, 1.82) is 0 Å². The number of hydrogen-bond donors (Lipinski definition) is 0. The summed E-state index contributed by atoms with van der Waals surface area (Å²) in [5.74, 6) is 1.89. The van der Waals surface area contributed by atoms with E-state index >= 15 is 0 Å². The smallest absolute Gasteiger partial charge is 0.000956 e. The van der Waals surface area contributed by atoms with E-state index in [4.69, 9.17) is 0 Å². The van der Waals surface area contributed by atoms with Crippen molar-refractivity contribution in [3.05, 3.63) is 0 Å². The third-order valence-electron chi connectivity index (χ3n) is 7.40. The second-order valence-electron chi connectivity index (χ2n) is 10.5. The molecule has 0 aromatic carbocycles. The first-order valence-corrected chi connectivity index (χ1v) is 14.9. The molecular formula is C30H63N. The summed E-state index contributed by atoms with van der Waals surface area (Å²) in [7, 11) is 0. The Hall–Kier alpha value is -0.0400. The Kier molecular flexibility index (Phi) is 24.6. The Balaban J connectivity index is 4.39. The molecule has 0 saturated heterocycles. The fourth-order valence-electron chi connectivity index (χ4n) is 5.11. The van der Waals surface area contributed by atoms with E-state index in [0.29, 0.717) is 0 Å². The third kappa shape index (κ3) is 20.3. The van der Waals surface area contributed by atoms with Crippen LogP contribution in [0.15, 0.2) is 0 Å². The molecule has 0 heterocycles. The van der Waals surface area contributed by atoms with Crippen molar-refractivity contribution >= 4 is 0 Å². The largest absolute Gasteiger partial charge is 0.303 e. The highest BCUT2D eigenvalue weighted by Crippen LogP contribution is 2.22. The quantitative estimate of drug-likeness (QED) is 0.128. The van der Waals surface area contributed by atoms with Crippen molar-refractivity contribution in [2.45, 2.75) is 163 Å². The van der Waals surface area contributed by atoms with Crippen LogP contribution in [0.3, 0.4) is 0 Å². The van der Waals surface area contributed by atoms with Crippen molar-refractivity contribution in [2.75, 3.05) is 19.6 Å². The summed E-state index contributed by atoms with van der Waals surface area (Å²) in [5.41, 5.74) is 0. The van der Waals surface area contributed by atoms with E-state index < -0.39 is 0 Å². The zero-order valence-corrected chi connectivity index (χ0v) is 22.9. The standard InChI is InChI=1S/C30H63N/c1-6-11-14-15-16-17-18-19-21-26-31(28-29(10-5)23-13-8-3)27-25-30(22-9-4)24-20-12-7-2/h29-30H,6-28H2,1-5H3. The SMILES string of the molecule is CCCCCCCCCCCN(CCC(CCC)CCCCC)CC(CC)CCCC. The maximum absolute atomic E-state index is 2.88. The van der Waals surface area contributed by atoms with Gasteiger partial charge in [0.1, 0.15) is 0 Å². The summed E-state index contributed by atoms with van der Waals surface area (Å²) in [6.07, 6.45) is 28.5. The fraction of sp³-hybridized carbons (Fsp3) is 1.00. The molecule has 1 nitrogen and oxygen atoms in total. The maximum Gasteiger partial charge on any atom is 0.000956 e. The van der Waals surface area contributed by atoms with Gasteiger partial charge in [0.2, 0.25) is 0 Å². The lowest BCUT2D eigenvalue weighted by Gasteiger charge is -2.29. The molecule has 0 aliphatic heterocycles. The van der Waals surface area contributed by atoms with Gasteiger partial charge < -0.3 is 4.90 Å². The van der Waals surface area contributed by atoms with Gasteiger partial charge in [0.15, 0.2) is 0 Å². The summed E-state index contributed by atoms with van der Waals surface area (Å²) in [4.78, 5) is 2.88. The lowest BCUT2D eigenvalue weighted by molar-refractivity contribution is 0.196. The van der Waals surface area contributed by atoms with Crippen LogP contribution in [-0.2, 0) is 0 Å². The van der Waals surface area contributed by atoms with Crippen molar-refractivity contribution in [2.24, 2.45) is 11.8 Å². The van der Waals surface area contributed by atoms with Gasteiger partial charge in [-0.15, -0.1) is 0 Å². The molecule has 0 saturated carbocycles. The van der Waals surface area contributed by atoms with E-state index in [1.54, 1.807) is 0 Å². The minimum atomic E-state index is 0.920. The molecule has 188 valence electrons. The Morgan fingerprint density at radius 1 is 0.419 bits per heavy atom. The summed E-state index contributed by atoms with van der Waals surface area (Å²) >= 11 is 0. The minimum absolute atomic E-state index is 0.920. The first kappa shape index (κ1) is 31.0. The van der Waals surface area contributed by atoms with Crippen molar-refractivity contribution < 1.29 is 0 Å². The van der Waals surface area contributed by atoms with Gasteiger partial charge in [0, 0.05) is 6.54 Å². The van der Waals surface area contributed by atoms with Gasteiger partial charge in [-0.1, -0.05) is 144 Å². The Bertz CT molecular complexity index is 326. The summed E-state index contributed by atoms with van der Waals surface area (Å²) < 4.78 is 0. The first-order chi connectivity index (χ1) is 15.2. The number of nitrogens with zero attached hydrogens (tertiary/aromatic N) is 1. The maximum atomic E-state index is 2.88. The van der Waals surface area contributed by atoms with Gasteiger partial charge >= 0.3 is 0 Å². The van der Waals surface area contributed by atoms with Crippen LogP contribution in [0, 0.1) is 11.8 Å². The van der Waals surface area contributed by atoms with E-state index in [-0.39, 0.29) is 0 Å². The Morgan fingerprint density at radius 3 is 1.55 bits per heavy atom. The van der Waals surface area contributed by atoms with Gasteiger partial charge in [-0.25, -0.2) is 0 Å². The Morgan fingerprint density at radius 2 is 0.968 bits per heavy atom. The molecule has 1 heteroatoms. The predicted octanol–water partition coefficient (Wildman–Crippen LogP) is 10.4. The van der Waals surface area contributed by atoms with Gasteiger partial charge in [-0.2, -0.15) is 0 Å². The van der Waals surface area contributed by atoms with Gasteiger partial charge in [-0.3, -0.25) is 0 Å².